The highest BCUT2D eigenvalue weighted by Crippen LogP contribution is 2.28. The molecule has 3 atom stereocenters. The number of aliphatic hydroxyl groups is 1. The highest BCUT2D eigenvalue weighted by Gasteiger charge is 2.28. The fourth-order valence-corrected chi connectivity index (χ4v) is 3.24. The summed E-state index contributed by atoms with van der Waals surface area (Å²) in [6.45, 7) is 2.30. The largest absolute Gasteiger partial charge is 0.392 e. The molecule has 0 spiro atoms. The quantitative estimate of drug-likeness (QED) is 0.751. The van der Waals surface area contributed by atoms with Gasteiger partial charge in [-0.2, -0.15) is 0 Å². The zero-order chi connectivity index (χ0) is 10.7. The summed E-state index contributed by atoms with van der Waals surface area (Å²) in [5, 5.41) is 13.6. The maximum atomic E-state index is 9.90. The molecule has 0 aliphatic heterocycles. The molecule has 0 amide bonds. The molecule has 0 bridgehead atoms. The normalized spacial score (nSPS) is 35.6. The molecule has 2 saturated carbocycles. The van der Waals surface area contributed by atoms with Gasteiger partial charge in [0, 0.05) is 12.1 Å². The minimum absolute atomic E-state index is 0.0948. The molecule has 0 unspecified atom stereocenters. The first-order chi connectivity index (χ1) is 7.27. The molecule has 2 nitrogen and oxygen atoms in total. The number of rotatable bonds is 3. The van der Waals surface area contributed by atoms with Gasteiger partial charge in [-0.05, 0) is 38.5 Å². The van der Waals surface area contributed by atoms with Crippen molar-refractivity contribution < 1.29 is 5.11 Å². The summed E-state index contributed by atoms with van der Waals surface area (Å²) in [5.74, 6) is 0.860. The topological polar surface area (TPSA) is 32.3 Å². The molecule has 0 heterocycles. The lowest BCUT2D eigenvalue weighted by atomic mass is 9.90. The summed E-state index contributed by atoms with van der Waals surface area (Å²) in [6.07, 6.45) is 10.1. The predicted molar refractivity (Wildman–Crippen MR) is 62.8 cm³/mol. The van der Waals surface area contributed by atoms with Gasteiger partial charge < -0.3 is 10.4 Å². The average molecular weight is 211 g/mol. The first kappa shape index (κ1) is 11.4. The van der Waals surface area contributed by atoms with Crippen LogP contribution in [0.3, 0.4) is 0 Å². The van der Waals surface area contributed by atoms with Crippen molar-refractivity contribution in [3.05, 3.63) is 0 Å². The number of nitrogens with one attached hydrogen (secondary N) is 1. The maximum Gasteiger partial charge on any atom is 0.0693 e. The lowest BCUT2D eigenvalue weighted by Gasteiger charge is -2.33. The summed E-state index contributed by atoms with van der Waals surface area (Å²) >= 11 is 0. The molecule has 2 fully saturated rings. The van der Waals surface area contributed by atoms with Crippen LogP contribution in [0.5, 0.6) is 0 Å². The second-order valence-electron chi connectivity index (χ2n) is 5.46. The molecular formula is C13H25NO. The van der Waals surface area contributed by atoms with Crippen LogP contribution in [0.15, 0.2) is 0 Å². The number of hydrogen-bond donors (Lipinski definition) is 2. The Kier molecular flexibility index (Phi) is 4.04. The van der Waals surface area contributed by atoms with Gasteiger partial charge in [-0.3, -0.25) is 0 Å². The molecule has 2 heteroatoms. The lowest BCUT2D eigenvalue weighted by molar-refractivity contribution is 0.0814. The van der Waals surface area contributed by atoms with Crippen LogP contribution in [0.4, 0.5) is 0 Å². The van der Waals surface area contributed by atoms with E-state index in [0.29, 0.717) is 12.1 Å². The molecule has 0 saturated heterocycles. The van der Waals surface area contributed by atoms with Gasteiger partial charge in [0.05, 0.1) is 6.10 Å². The van der Waals surface area contributed by atoms with Gasteiger partial charge in [0.25, 0.3) is 0 Å². The Morgan fingerprint density at radius 3 is 2.27 bits per heavy atom. The molecule has 0 aromatic heterocycles. The fourth-order valence-electron chi connectivity index (χ4n) is 3.24. The van der Waals surface area contributed by atoms with Crippen LogP contribution in [0.25, 0.3) is 0 Å². The van der Waals surface area contributed by atoms with Crippen LogP contribution in [-0.2, 0) is 0 Å². The molecule has 88 valence electrons. The molecule has 2 aliphatic carbocycles. The van der Waals surface area contributed by atoms with E-state index in [1.54, 1.807) is 0 Å². The van der Waals surface area contributed by atoms with Crippen molar-refractivity contribution in [3.63, 3.8) is 0 Å². The van der Waals surface area contributed by atoms with Crippen LogP contribution >= 0.6 is 0 Å². The molecule has 2 aliphatic rings. The van der Waals surface area contributed by atoms with Crippen molar-refractivity contribution in [1.82, 2.24) is 5.32 Å². The molecule has 0 radical (unpaired) electrons. The number of aliphatic hydroxyl groups excluding tert-OH is 1. The van der Waals surface area contributed by atoms with Crippen molar-refractivity contribution in [2.45, 2.75) is 76.5 Å². The highest BCUT2D eigenvalue weighted by molar-refractivity contribution is 4.86. The molecule has 2 rings (SSSR count). The van der Waals surface area contributed by atoms with Crippen LogP contribution in [0, 0.1) is 5.92 Å². The Balaban J connectivity index is 1.78. The molecule has 15 heavy (non-hydrogen) atoms. The van der Waals surface area contributed by atoms with Gasteiger partial charge in [-0.25, -0.2) is 0 Å². The van der Waals surface area contributed by atoms with Crippen LogP contribution in [0.2, 0.25) is 0 Å². The first-order valence-corrected chi connectivity index (χ1v) is 6.71. The van der Waals surface area contributed by atoms with E-state index in [1.807, 2.05) is 0 Å². The highest BCUT2D eigenvalue weighted by atomic mass is 16.3. The molecule has 0 aromatic carbocycles. The monoisotopic (exact) mass is 211 g/mol. The summed E-state index contributed by atoms with van der Waals surface area (Å²) in [6, 6.07) is 0.972. The van der Waals surface area contributed by atoms with E-state index in [2.05, 4.69) is 12.2 Å². The van der Waals surface area contributed by atoms with Crippen molar-refractivity contribution in [2.75, 3.05) is 0 Å². The minimum atomic E-state index is -0.0948. The zero-order valence-electron chi connectivity index (χ0n) is 9.91. The third kappa shape index (κ3) is 2.94. The molecule has 2 N–H and O–H groups in total. The van der Waals surface area contributed by atoms with E-state index < -0.39 is 0 Å². The van der Waals surface area contributed by atoms with Gasteiger partial charge in [0.15, 0.2) is 0 Å². The van der Waals surface area contributed by atoms with Crippen molar-refractivity contribution in [2.24, 2.45) is 5.92 Å². The average Bonchev–Trinajstić information content (AvgIpc) is 2.74. The SMILES string of the molecule is C[C@@H](N[C@@H]1CCCC[C@H]1O)C1CCCC1. The van der Waals surface area contributed by atoms with Gasteiger partial charge in [0.1, 0.15) is 0 Å². The third-order valence-electron chi connectivity index (χ3n) is 4.31. The Bertz CT molecular complexity index is 189. The Morgan fingerprint density at radius 2 is 1.60 bits per heavy atom. The van der Waals surface area contributed by atoms with Gasteiger partial charge in [-0.1, -0.05) is 25.7 Å². The standard InChI is InChI=1S/C13H25NO/c1-10(11-6-2-3-7-11)14-12-8-4-5-9-13(12)15/h10-15H,2-9H2,1H3/t10-,12-,13-/m1/s1. The van der Waals surface area contributed by atoms with E-state index in [4.69, 9.17) is 0 Å². The van der Waals surface area contributed by atoms with E-state index in [1.165, 1.54) is 38.5 Å². The van der Waals surface area contributed by atoms with Crippen molar-refractivity contribution in [1.29, 1.82) is 0 Å². The predicted octanol–water partition coefficient (Wildman–Crippen LogP) is 2.46. The van der Waals surface area contributed by atoms with E-state index in [-0.39, 0.29) is 6.10 Å². The van der Waals surface area contributed by atoms with Crippen LogP contribution < -0.4 is 5.32 Å². The molecular weight excluding hydrogens is 186 g/mol. The molecule has 0 aromatic rings. The fraction of sp³-hybridized carbons (Fsp3) is 1.00. The van der Waals surface area contributed by atoms with Crippen molar-refractivity contribution in [3.8, 4) is 0 Å². The summed E-state index contributed by atoms with van der Waals surface area (Å²) < 4.78 is 0. The van der Waals surface area contributed by atoms with Crippen LogP contribution in [-0.4, -0.2) is 23.3 Å². The summed E-state index contributed by atoms with van der Waals surface area (Å²) in [7, 11) is 0. The van der Waals surface area contributed by atoms with E-state index >= 15 is 0 Å². The first-order valence-electron chi connectivity index (χ1n) is 6.71. The lowest BCUT2D eigenvalue weighted by Crippen LogP contribution is -2.48. The Hall–Kier alpha value is -0.0800. The summed E-state index contributed by atoms with van der Waals surface area (Å²) in [4.78, 5) is 0. The summed E-state index contributed by atoms with van der Waals surface area (Å²) in [5.41, 5.74) is 0. The Labute approximate surface area is 93.5 Å². The van der Waals surface area contributed by atoms with Crippen molar-refractivity contribution >= 4 is 0 Å². The second-order valence-corrected chi connectivity index (χ2v) is 5.46. The van der Waals surface area contributed by atoms with Gasteiger partial charge >= 0.3 is 0 Å². The second kappa shape index (κ2) is 5.31. The smallest absolute Gasteiger partial charge is 0.0693 e. The van der Waals surface area contributed by atoms with Crippen LogP contribution in [0.1, 0.15) is 58.3 Å². The van der Waals surface area contributed by atoms with E-state index in [9.17, 15) is 5.11 Å². The van der Waals surface area contributed by atoms with Gasteiger partial charge in [0.2, 0.25) is 0 Å². The third-order valence-corrected chi connectivity index (χ3v) is 4.31. The van der Waals surface area contributed by atoms with Gasteiger partial charge in [-0.15, -0.1) is 0 Å². The minimum Gasteiger partial charge on any atom is -0.392 e. The Morgan fingerprint density at radius 1 is 1.00 bits per heavy atom. The zero-order valence-corrected chi connectivity index (χ0v) is 9.91. The van der Waals surface area contributed by atoms with E-state index in [0.717, 1.165) is 18.8 Å². The maximum absolute atomic E-state index is 9.90. The number of hydrogen-bond acceptors (Lipinski definition) is 2.